The highest BCUT2D eigenvalue weighted by Gasteiger charge is 2.19. The highest BCUT2D eigenvalue weighted by Crippen LogP contribution is 2.21. The fourth-order valence-corrected chi connectivity index (χ4v) is 4.27. The Kier molecular flexibility index (Phi) is 6.06. The van der Waals surface area contributed by atoms with E-state index in [0.29, 0.717) is 10.8 Å². The van der Waals surface area contributed by atoms with E-state index < -0.39 is 11.3 Å². The molecular formula is C22H25N5O2S. The average Bonchev–Trinajstić information content (AvgIpc) is 3.17. The molecular weight excluding hydrogens is 398 g/mol. The summed E-state index contributed by atoms with van der Waals surface area (Å²) >= 11 is 1.36. The first-order chi connectivity index (χ1) is 14.5. The molecule has 0 spiro atoms. The smallest absolute Gasteiger partial charge is 0.281 e. The number of thiazole rings is 1. The van der Waals surface area contributed by atoms with Gasteiger partial charge in [0.1, 0.15) is 0 Å². The van der Waals surface area contributed by atoms with Gasteiger partial charge in [-0.2, -0.15) is 5.10 Å². The van der Waals surface area contributed by atoms with E-state index in [9.17, 15) is 9.59 Å². The van der Waals surface area contributed by atoms with E-state index in [2.05, 4.69) is 27.2 Å². The fourth-order valence-electron chi connectivity index (χ4n) is 3.58. The van der Waals surface area contributed by atoms with Gasteiger partial charge >= 0.3 is 0 Å². The monoisotopic (exact) mass is 423 g/mol. The number of carbonyl (C=O) groups is 1. The summed E-state index contributed by atoms with van der Waals surface area (Å²) < 4.78 is 1.60. The maximum atomic E-state index is 12.7. The first kappa shape index (κ1) is 20.4. The standard InChI is InChI=1S/C22H25N5O2S/c1-15-8-10-26(11-9-15)13-17-14-30-22(23-17)24-21(29)20-19(28)12-16(2)27(25-20)18-6-4-3-5-7-18/h3-7,12,14-15H,8-11,13H2,1-2H3,(H,23,24,29). The molecule has 1 N–H and O–H groups in total. The van der Waals surface area contributed by atoms with Crippen molar-refractivity contribution in [2.45, 2.75) is 33.2 Å². The van der Waals surface area contributed by atoms with Crippen LogP contribution in [0.5, 0.6) is 0 Å². The molecule has 7 nitrogen and oxygen atoms in total. The predicted molar refractivity (Wildman–Crippen MR) is 118 cm³/mol. The molecule has 3 heterocycles. The van der Waals surface area contributed by atoms with Crippen LogP contribution in [0.1, 0.15) is 41.6 Å². The number of amides is 1. The Morgan fingerprint density at radius 2 is 1.97 bits per heavy atom. The van der Waals surface area contributed by atoms with E-state index in [4.69, 9.17) is 0 Å². The van der Waals surface area contributed by atoms with Gasteiger partial charge in [-0.1, -0.05) is 25.1 Å². The van der Waals surface area contributed by atoms with Crippen LogP contribution in [0.2, 0.25) is 0 Å². The van der Waals surface area contributed by atoms with E-state index >= 15 is 0 Å². The highest BCUT2D eigenvalue weighted by molar-refractivity contribution is 7.13. The Hall–Kier alpha value is -2.84. The Labute approximate surface area is 179 Å². The molecule has 0 unspecified atom stereocenters. The second kappa shape index (κ2) is 8.89. The molecule has 4 rings (SSSR count). The minimum absolute atomic E-state index is 0.147. The van der Waals surface area contributed by atoms with Crippen LogP contribution >= 0.6 is 11.3 Å². The second-order valence-electron chi connectivity index (χ2n) is 7.80. The van der Waals surface area contributed by atoms with Gasteiger partial charge in [-0.15, -0.1) is 11.3 Å². The van der Waals surface area contributed by atoms with Gasteiger partial charge in [0.05, 0.1) is 11.4 Å². The number of anilines is 1. The number of aromatic nitrogens is 3. The average molecular weight is 424 g/mol. The third kappa shape index (κ3) is 4.66. The summed E-state index contributed by atoms with van der Waals surface area (Å²) in [5.41, 5.74) is 1.83. The first-order valence-electron chi connectivity index (χ1n) is 10.1. The molecule has 8 heteroatoms. The zero-order chi connectivity index (χ0) is 21.1. The number of benzene rings is 1. The zero-order valence-corrected chi connectivity index (χ0v) is 18.0. The Morgan fingerprint density at radius 3 is 2.70 bits per heavy atom. The molecule has 0 bridgehead atoms. The van der Waals surface area contributed by atoms with Crippen molar-refractivity contribution >= 4 is 22.4 Å². The largest absolute Gasteiger partial charge is 0.297 e. The summed E-state index contributed by atoms with van der Waals surface area (Å²) in [5, 5.41) is 9.48. The summed E-state index contributed by atoms with van der Waals surface area (Å²) in [7, 11) is 0. The van der Waals surface area contributed by atoms with Gasteiger partial charge in [0.25, 0.3) is 5.91 Å². The molecule has 1 saturated heterocycles. The van der Waals surface area contributed by atoms with Gasteiger partial charge in [0.2, 0.25) is 5.43 Å². The van der Waals surface area contributed by atoms with Crippen LogP contribution in [0.3, 0.4) is 0 Å². The van der Waals surface area contributed by atoms with E-state index in [1.807, 2.05) is 35.7 Å². The minimum Gasteiger partial charge on any atom is -0.297 e. The number of nitrogens with zero attached hydrogens (tertiary/aromatic N) is 4. The van der Waals surface area contributed by atoms with Crippen LogP contribution in [0.15, 0.2) is 46.6 Å². The van der Waals surface area contributed by atoms with Crippen molar-refractivity contribution in [1.29, 1.82) is 0 Å². The molecule has 1 fully saturated rings. The van der Waals surface area contributed by atoms with Gasteiger partial charge in [0.15, 0.2) is 10.8 Å². The molecule has 156 valence electrons. The number of para-hydroxylation sites is 1. The summed E-state index contributed by atoms with van der Waals surface area (Å²) in [5.74, 6) is 0.242. The van der Waals surface area contributed by atoms with Gasteiger partial charge < -0.3 is 0 Å². The summed E-state index contributed by atoms with van der Waals surface area (Å²) in [6, 6.07) is 10.9. The lowest BCUT2D eigenvalue weighted by Crippen LogP contribution is -2.32. The molecule has 0 radical (unpaired) electrons. The van der Waals surface area contributed by atoms with Gasteiger partial charge in [0, 0.05) is 23.7 Å². The van der Waals surface area contributed by atoms with Crippen LogP contribution in [-0.2, 0) is 6.54 Å². The summed E-state index contributed by atoms with van der Waals surface area (Å²) in [6.45, 7) is 7.01. The number of aryl methyl sites for hydroxylation is 1. The van der Waals surface area contributed by atoms with Crippen molar-refractivity contribution < 1.29 is 4.79 Å². The number of rotatable bonds is 5. The third-order valence-electron chi connectivity index (χ3n) is 5.36. The number of hydrogen-bond donors (Lipinski definition) is 1. The van der Waals surface area contributed by atoms with E-state index in [1.54, 1.807) is 11.6 Å². The second-order valence-corrected chi connectivity index (χ2v) is 8.66. The number of likely N-dealkylation sites (tertiary alicyclic amines) is 1. The lowest BCUT2D eigenvalue weighted by Gasteiger charge is -2.29. The quantitative estimate of drug-likeness (QED) is 0.680. The lowest BCUT2D eigenvalue weighted by atomic mass is 9.99. The van der Waals surface area contributed by atoms with Gasteiger partial charge in [-0.25, -0.2) is 9.67 Å². The first-order valence-corrected chi connectivity index (χ1v) is 11.0. The normalized spacial score (nSPS) is 15.3. The predicted octanol–water partition coefficient (Wildman–Crippen LogP) is 3.48. The van der Waals surface area contributed by atoms with Crippen LogP contribution in [0, 0.1) is 12.8 Å². The Morgan fingerprint density at radius 1 is 1.23 bits per heavy atom. The van der Waals surface area contributed by atoms with Crippen LogP contribution in [0.4, 0.5) is 5.13 Å². The molecule has 2 aromatic heterocycles. The Bertz CT molecular complexity index is 1080. The van der Waals surface area contributed by atoms with Crippen molar-refractivity contribution in [3.05, 3.63) is 69.1 Å². The summed E-state index contributed by atoms with van der Waals surface area (Å²) in [6.07, 6.45) is 2.42. The molecule has 3 aromatic rings. The van der Waals surface area contributed by atoms with Gasteiger partial charge in [-0.3, -0.25) is 19.8 Å². The number of nitrogens with one attached hydrogen (secondary N) is 1. The third-order valence-corrected chi connectivity index (χ3v) is 6.16. The number of piperidine rings is 1. The maximum Gasteiger partial charge on any atom is 0.281 e. The molecule has 0 aliphatic carbocycles. The topological polar surface area (TPSA) is 80.1 Å². The van der Waals surface area contributed by atoms with Crippen molar-refractivity contribution in [2.75, 3.05) is 18.4 Å². The minimum atomic E-state index is -0.544. The van der Waals surface area contributed by atoms with Crippen molar-refractivity contribution in [1.82, 2.24) is 19.7 Å². The number of carbonyl (C=O) groups excluding carboxylic acids is 1. The highest BCUT2D eigenvalue weighted by atomic mass is 32.1. The fraction of sp³-hybridized carbons (Fsp3) is 0.364. The van der Waals surface area contributed by atoms with Crippen LogP contribution < -0.4 is 10.7 Å². The van der Waals surface area contributed by atoms with Gasteiger partial charge in [-0.05, 0) is 50.9 Å². The molecule has 1 aromatic carbocycles. The molecule has 1 aliphatic heterocycles. The summed E-state index contributed by atoms with van der Waals surface area (Å²) in [4.78, 5) is 32.0. The molecule has 30 heavy (non-hydrogen) atoms. The van der Waals surface area contributed by atoms with Crippen molar-refractivity contribution in [3.63, 3.8) is 0 Å². The van der Waals surface area contributed by atoms with Crippen LogP contribution in [-0.4, -0.2) is 38.7 Å². The Balaban J connectivity index is 1.48. The molecule has 0 saturated carbocycles. The van der Waals surface area contributed by atoms with Crippen molar-refractivity contribution in [3.8, 4) is 5.69 Å². The molecule has 1 amide bonds. The maximum absolute atomic E-state index is 12.7. The molecule has 1 aliphatic rings. The zero-order valence-electron chi connectivity index (χ0n) is 17.2. The van der Waals surface area contributed by atoms with E-state index in [1.165, 1.54) is 30.2 Å². The van der Waals surface area contributed by atoms with Crippen LogP contribution in [0.25, 0.3) is 5.69 Å². The van der Waals surface area contributed by atoms with Crippen molar-refractivity contribution in [2.24, 2.45) is 5.92 Å². The van der Waals surface area contributed by atoms with E-state index in [-0.39, 0.29) is 5.69 Å². The lowest BCUT2D eigenvalue weighted by molar-refractivity contribution is 0.101. The number of hydrogen-bond acceptors (Lipinski definition) is 6. The van der Waals surface area contributed by atoms with E-state index in [0.717, 1.165) is 36.9 Å². The molecule has 0 atom stereocenters. The SMILES string of the molecule is Cc1cc(=O)c(C(=O)Nc2nc(CN3CCC(C)CC3)cs2)nn1-c1ccccc1.